The Labute approximate surface area is 127 Å². The molecule has 1 saturated carbocycles. The van der Waals surface area contributed by atoms with Crippen molar-refractivity contribution in [1.29, 1.82) is 0 Å². The maximum absolute atomic E-state index is 10.9. The zero-order chi connectivity index (χ0) is 14.8. The van der Waals surface area contributed by atoms with Crippen LogP contribution in [0, 0.1) is 6.92 Å². The van der Waals surface area contributed by atoms with Gasteiger partial charge in [-0.25, -0.2) is 9.97 Å². The van der Waals surface area contributed by atoms with E-state index in [1.807, 2.05) is 6.92 Å². The topological polar surface area (TPSA) is 67.3 Å². The molecule has 0 radical (unpaired) electrons. The van der Waals surface area contributed by atoms with Crippen LogP contribution >= 0.6 is 11.3 Å². The fourth-order valence-electron chi connectivity index (χ4n) is 2.48. The van der Waals surface area contributed by atoms with E-state index in [1.54, 1.807) is 24.6 Å². The van der Waals surface area contributed by atoms with Gasteiger partial charge in [0.2, 0.25) is 6.41 Å². The van der Waals surface area contributed by atoms with E-state index in [4.69, 9.17) is 4.74 Å². The fraction of sp³-hybridized carbons (Fsp3) is 0.500. The molecule has 1 amide bonds. The molecule has 1 fully saturated rings. The van der Waals surface area contributed by atoms with Crippen LogP contribution in [0.3, 0.4) is 0 Å². The number of rotatable bonds is 7. The molecule has 0 bridgehead atoms. The Bertz CT molecular complexity index is 654. The second kappa shape index (κ2) is 5.95. The first-order valence-corrected chi connectivity index (χ1v) is 7.78. The second-order valence-electron chi connectivity index (χ2n) is 5.09. The zero-order valence-corrected chi connectivity index (χ0v) is 12.9. The van der Waals surface area contributed by atoms with Gasteiger partial charge in [-0.3, -0.25) is 4.79 Å². The maximum atomic E-state index is 10.9. The smallest absolute Gasteiger partial charge is 0.211 e. The summed E-state index contributed by atoms with van der Waals surface area (Å²) in [5.41, 5.74) is 2.55. The predicted molar refractivity (Wildman–Crippen MR) is 84.1 cm³/mol. The molecule has 2 heterocycles. The van der Waals surface area contributed by atoms with E-state index in [0.717, 1.165) is 40.4 Å². The average molecular weight is 306 g/mol. The third-order valence-corrected chi connectivity index (χ3v) is 4.41. The third kappa shape index (κ3) is 2.84. The second-order valence-corrected chi connectivity index (χ2v) is 6.27. The van der Waals surface area contributed by atoms with Crippen molar-refractivity contribution in [3.05, 3.63) is 11.2 Å². The lowest BCUT2D eigenvalue weighted by Crippen LogP contribution is -2.30. The van der Waals surface area contributed by atoms with E-state index in [-0.39, 0.29) is 0 Å². The Kier molecular flexibility index (Phi) is 4.03. The summed E-state index contributed by atoms with van der Waals surface area (Å²) in [5, 5.41) is 3.73. The number of amides is 1. The first-order chi connectivity index (χ1) is 10.2. The number of carbonyl (C=O) groups is 1. The Morgan fingerprint density at radius 3 is 3.05 bits per heavy atom. The van der Waals surface area contributed by atoms with Crippen molar-refractivity contribution in [3.8, 4) is 0 Å². The van der Waals surface area contributed by atoms with Gasteiger partial charge in [0.05, 0.1) is 29.2 Å². The standard InChI is InChI=1S/C14H18N4O2S/c1-9-17-12-13(18(5-6-20-2)10-3-4-10)11(16-8-19)7-15-14(12)21-9/h7-8,10H,3-6H2,1-2H3,(H,16,19). The number of thiazole rings is 1. The van der Waals surface area contributed by atoms with Gasteiger partial charge in [0.25, 0.3) is 0 Å². The zero-order valence-electron chi connectivity index (χ0n) is 12.1. The number of aryl methyl sites for hydroxylation is 1. The Morgan fingerprint density at radius 2 is 2.38 bits per heavy atom. The van der Waals surface area contributed by atoms with Crippen molar-refractivity contribution in [3.63, 3.8) is 0 Å². The lowest BCUT2D eigenvalue weighted by molar-refractivity contribution is -0.105. The first kappa shape index (κ1) is 14.2. The summed E-state index contributed by atoms with van der Waals surface area (Å²) in [5.74, 6) is 0. The number of aromatic nitrogens is 2. The van der Waals surface area contributed by atoms with Gasteiger partial charge in [-0.1, -0.05) is 11.3 Å². The molecular formula is C14H18N4O2S. The molecule has 0 aliphatic heterocycles. The van der Waals surface area contributed by atoms with Gasteiger partial charge < -0.3 is 15.0 Å². The van der Waals surface area contributed by atoms with Crippen molar-refractivity contribution in [2.45, 2.75) is 25.8 Å². The van der Waals surface area contributed by atoms with Crippen molar-refractivity contribution in [2.24, 2.45) is 0 Å². The van der Waals surface area contributed by atoms with Crippen LogP contribution in [-0.2, 0) is 9.53 Å². The fourth-order valence-corrected chi connectivity index (χ4v) is 3.24. The molecular weight excluding hydrogens is 288 g/mol. The average Bonchev–Trinajstić information content (AvgIpc) is 3.23. The summed E-state index contributed by atoms with van der Waals surface area (Å²) >= 11 is 1.57. The largest absolute Gasteiger partial charge is 0.383 e. The third-order valence-electron chi connectivity index (χ3n) is 3.53. The number of carbonyl (C=O) groups excluding carboxylic acids is 1. The molecule has 0 unspecified atom stereocenters. The van der Waals surface area contributed by atoms with Gasteiger partial charge >= 0.3 is 0 Å². The van der Waals surface area contributed by atoms with Gasteiger partial charge in [0, 0.05) is 19.7 Å². The molecule has 2 aromatic heterocycles. The quantitative estimate of drug-likeness (QED) is 0.794. The van der Waals surface area contributed by atoms with Crippen molar-refractivity contribution in [1.82, 2.24) is 9.97 Å². The SMILES string of the molecule is COCCN(c1c(NC=O)cnc2sc(C)nc12)C1CC1. The number of anilines is 2. The Balaban J connectivity index is 2.10. The lowest BCUT2D eigenvalue weighted by atomic mass is 10.2. The molecule has 1 N–H and O–H groups in total. The molecule has 7 heteroatoms. The molecule has 3 rings (SSSR count). The van der Waals surface area contributed by atoms with Crippen LogP contribution < -0.4 is 10.2 Å². The lowest BCUT2D eigenvalue weighted by Gasteiger charge is -2.26. The minimum Gasteiger partial charge on any atom is -0.383 e. The summed E-state index contributed by atoms with van der Waals surface area (Å²) in [6, 6.07) is 0.500. The van der Waals surface area contributed by atoms with Crippen LogP contribution in [-0.4, -0.2) is 42.7 Å². The van der Waals surface area contributed by atoms with E-state index in [2.05, 4.69) is 20.2 Å². The van der Waals surface area contributed by atoms with E-state index in [0.29, 0.717) is 24.7 Å². The van der Waals surface area contributed by atoms with Crippen LogP contribution in [0.25, 0.3) is 10.3 Å². The molecule has 0 aromatic carbocycles. The van der Waals surface area contributed by atoms with E-state index in [9.17, 15) is 4.79 Å². The van der Waals surface area contributed by atoms with Crippen LogP contribution in [0.4, 0.5) is 11.4 Å². The number of nitrogens with zero attached hydrogens (tertiary/aromatic N) is 3. The first-order valence-electron chi connectivity index (χ1n) is 6.96. The Morgan fingerprint density at radius 1 is 1.57 bits per heavy atom. The van der Waals surface area contributed by atoms with Crippen LogP contribution in [0.5, 0.6) is 0 Å². The number of hydrogen-bond acceptors (Lipinski definition) is 6. The molecule has 2 aromatic rings. The van der Waals surface area contributed by atoms with Gasteiger partial charge in [-0.05, 0) is 19.8 Å². The maximum Gasteiger partial charge on any atom is 0.211 e. The number of hydrogen-bond donors (Lipinski definition) is 1. The predicted octanol–water partition coefficient (Wildman–Crippen LogP) is 2.18. The van der Waals surface area contributed by atoms with Crippen LogP contribution in [0.1, 0.15) is 17.8 Å². The van der Waals surface area contributed by atoms with Gasteiger partial charge in [-0.15, -0.1) is 0 Å². The van der Waals surface area contributed by atoms with Crippen LogP contribution in [0.2, 0.25) is 0 Å². The molecule has 1 aliphatic rings. The van der Waals surface area contributed by atoms with Gasteiger partial charge in [0.1, 0.15) is 10.3 Å². The number of fused-ring (bicyclic) bond motifs is 1. The minimum atomic E-state index is 0.500. The minimum absolute atomic E-state index is 0.500. The molecule has 0 spiro atoms. The van der Waals surface area contributed by atoms with Crippen molar-refractivity contribution >= 4 is 39.5 Å². The van der Waals surface area contributed by atoms with Gasteiger partial charge in [-0.2, -0.15) is 0 Å². The summed E-state index contributed by atoms with van der Waals surface area (Å²) in [6.07, 6.45) is 4.73. The molecule has 21 heavy (non-hydrogen) atoms. The molecule has 0 atom stereocenters. The summed E-state index contributed by atoms with van der Waals surface area (Å²) < 4.78 is 5.22. The van der Waals surface area contributed by atoms with Crippen molar-refractivity contribution in [2.75, 3.05) is 30.5 Å². The number of pyridine rings is 1. The molecule has 1 aliphatic carbocycles. The molecule has 0 saturated heterocycles. The van der Waals surface area contributed by atoms with E-state index >= 15 is 0 Å². The number of ether oxygens (including phenoxy) is 1. The highest BCUT2D eigenvalue weighted by Gasteiger charge is 2.32. The number of nitrogens with one attached hydrogen (secondary N) is 1. The highest BCUT2D eigenvalue weighted by molar-refractivity contribution is 7.18. The van der Waals surface area contributed by atoms with E-state index in [1.165, 1.54) is 0 Å². The Hall–Kier alpha value is -1.73. The van der Waals surface area contributed by atoms with Gasteiger partial charge in [0.15, 0.2) is 0 Å². The van der Waals surface area contributed by atoms with Crippen LogP contribution in [0.15, 0.2) is 6.20 Å². The van der Waals surface area contributed by atoms with E-state index < -0.39 is 0 Å². The number of methoxy groups -OCH3 is 1. The monoisotopic (exact) mass is 306 g/mol. The highest BCUT2D eigenvalue weighted by Crippen LogP contribution is 2.40. The summed E-state index contributed by atoms with van der Waals surface area (Å²) in [4.78, 5) is 23.1. The normalized spacial score (nSPS) is 14.4. The van der Waals surface area contributed by atoms with Crippen molar-refractivity contribution < 1.29 is 9.53 Å². The molecule has 6 nitrogen and oxygen atoms in total. The molecule has 112 valence electrons. The highest BCUT2D eigenvalue weighted by atomic mass is 32.1. The summed E-state index contributed by atoms with van der Waals surface area (Å²) in [7, 11) is 1.70. The summed E-state index contributed by atoms with van der Waals surface area (Å²) in [6.45, 7) is 3.40.